The summed E-state index contributed by atoms with van der Waals surface area (Å²) in [4.78, 5) is 0. The third-order valence-corrected chi connectivity index (χ3v) is 16.2. The number of rotatable bonds is 6. The Morgan fingerprint density at radius 3 is 2.08 bits per heavy atom. The molecule has 0 aromatic rings. The molecule has 304 valence electrons. The van der Waals surface area contributed by atoms with Crippen molar-refractivity contribution in [2.45, 2.75) is 171 Å². The minimum atomic E-state index is -1.76. The molecule has 4 aliphatic carbocycles. The molecule has 8 N–H and O–H groups in total. The first-order chi connectivity index (χ1) is 25.2. The van der Waals surface area contributed by atoms with Gasteiger partial charge in [-0.1, -0.05) is 27.7 Å². The van der Waals surface area contributed by atoms with Gasteiger partial charge >= 0.3 is 0 Å². The highest BCUT2D eigenvalue weighted by atomic mass is 16.8. The van der Waals surface area contributed by atoms with E-state index >= 15 is 0 Å². The van der Waals surface area contributed by atoms with Gasteiger partial charge in [0, 0.05) is 12.3 Å². The maximum Gasteiger partial charge on any atom is 0.187 e. The van der Waals surface area contributed by atoms with Gasteiger partial charge in [0.05, 0.1) is 38.1 Å². The van der Waals surface area contributed by atoms with Crippen LogP contribution in [0.2, 0.25) is 0 Å². The van der Waals surface area contributed by atoms with Crippen LogP contribution in [-0.2, 0) is 28.4 Å². The van der Waals surface area contributed by atoms with Crippen molar-refractivity contribution >= 4 is 0 Å². The second-order valence-corrected chi connectivity index (χ2v) is 18.9. The Labute approximate surface area is 312 Å². The van der Waals surface area contributed by atoms with Crippen LogP contribution < -0.4 is 0 Å². The van der Waals surface area contributed by atoms with Crippen LogP contribution in [-0.4, -0.2) is 146 Å². The van der Waals surface area contributed by atoms with E-state index < -0.39 is 92.6 Å². The molecule has 0 bridgehead atoms. The molecule has 8 aliphatic rings. The lowest BCUT2D eigenvalue weighted by Crippen LogP contribution is -2.65. The summed E-state index contributed by atoms with van der Waals surface area (Å²) >= 11 is 0. The molecule has 4 saturated carbocycles. The topological polar surface area (TPSA) is 217 Å². The maximum atomic E-state index is 11.8. The van der Waals surface area contributed by atoms with E-state index in [9.17, 15) is 40.9 Å². The van der Waals surface area contributed by atoms with Gasteiger partial charge in [-0.2, -0.15) is 0 Å². The normalized spacial score (nSPS) is 59.5. The van der Waals surface area contributed by atoms with Gasteiger partial charge in [-0.25, -0.2) is 0 Å². The van der Waals surface area contributed by atoms with E-state index in [-0.39, 0.29) is 22.9 Å². The van der Waals surface area contributed by atoms with E-state index in [2.05, 4.69) is 27.7 Å². The van der Waals surface area contributed by atoms with E-state index in [0.717, 1.165) is 51.6 Å². The predicted octanol–water partition coefficient (Wildman–Crippen LogP) is 0.413. The van der Waals surface area contributed by atoms with Crippen LogP contribution in [0.5, 0.6) is 0 Å². The first-order valence-corrected chi connectivity index (χ1v) is 20.4. The monoisotopic (exact) mass is 756 g/mol. The quantitative estimate of drug-likeness (QED) is 0.173. The molecule has 53 heavy (non-hydrogen) atoms. The van der Waals surface area contributed by atoms with Crippen LogP contribution in [0.3, 0.4) is 0 Å². The highest BCUT2D eigenvalue weighted by molar-refractivity contribution is 5.16. The molecule has 4 heterocycles. The number of aliphatic hydroxyl groups is 8. The molecule has 23 atom stereocenters. The zero-order chi connectivity index (χ0) is 37.8. The standard InChI is InChI=1S/C39H64O14/c1-17-7-10-39(48-16-17)18(2)28-25(53-39)12-22-20-6-5-19-11-24(23(42)13-38(19,4)21(20)8-9-37(22,28)3)49-36-34(32(46)30(44)27(15-41)51-36)52-35-33(47)31(45)29(43)26(14-40)50-35/h17-36,40-47H,5-16H2,1-4H3/t17?,18-,19?,20?,21?,22?,23?,24+,25?,26+,27+,28?,29+,30-,31-,32-,33+,34+,35-,36+,37?,38?,39+/m1/s1. The van der Waals surface area contributed by atoms with Gasteiger partial charge < -0.3 is 69.3 Å². The number of hydrogen-bond acceptors (Lipinski definition) is 14. The zero-order valence-corrected chi connectivity index (χ0v) is 31.6. The van der Waals surface area contributed by atoms with Crippen molar-refractivity contribution in [2.75, 3.05) is 19.8 Å². The van der Waals surface area contributed by atoms with Crippen molar-refractivity contribution in [3.05, 3.63) is 0 Å². The lowest BCUT2D eigenvalue weighted by Gasteiger charge is -2.62. The van der Waals surface area contributed by atoms with Crippen molar-refractivity contribution in [2.24, 2.45) is 52.3 Å². The van der Waals surface area contributed by atoms with Crippen LogP contribution in [0, 0.1) is 52.3 Å². The number of aliphatic hydroxyl groups excluding tert-OH is 8. The molecule has 4 aliphatic heterocycles. The number of fused-ring (bicyclic) bond motifs is 7. The van der Waals surface area contributed by atoms with Gasteiger partial charge in [0.15, 0.2) is 18.4 Å². The Morgan fingerprint density at radius 1 is 0.698 bits per heavy atom. The van der Waals surface area contributed by atoms with Crippen molar-refractivity contribution < 1.29 is 69.3 Å². The van der Waals surface area contributed by atoms with Crippen LogP contribution in [0.25, 0.3) is 0 Å². The Balaban J connectivity index is 0.962. The molecule has 0 amide bonds. The van der Waals surface area contributed by atoms with E-state index in [4.69, 9.17) is 28.4 Å². The largest absolute Gasteiger partial charge is 0.394 e. The summed E-state index contributed by atoms with van der Waals surface area (Å²) in [5.74, 6) is 2.78. The SMILES string of the molecule is CC1CC[C@]2(OC1)OC1CC3C4CCC5C[C@H](O[C@H]6O[C@@H](CO)[C@@H](O)[C@@H](O)[C@@H]6O[C@H]6O[C@@H](CO)[C@H](O)[C@@H](O)[C@@H]6O)C(O)CC5(C)C4CCC3(C)C1[C@H]2C. The highest BCUT2D eigenvalue weighted by Crippen LogP contribution is 2.71. The lowest BCUT2D eigenvalue weighted by atomic mass is 9.44. The summed E-state index contributed by atoms with van der Waals surface area (Å²) < 4.78 is 37.2. The summed E-state index contributed by atoms with van der Waals surface area (Å²) in [6.45, 7) is 8.96. The molecule has 0 aromatic carbocycles. The Hall–Kier alpha value is -0.560. The average Bonchev–Trinajstić information content (AvgIpc) is 3.58. The molecule has 4 saturated heterocycles. The zero-order valence-electron chi connectivity index (χ0n) is 31.6. The summed E-state index contributed by atoms with van der Waals surface area (Å²) in [5, 5.41) is 84.5. The molecule has 0 aromatic heterocycles. The summed E-state index contributed by atoms with van der Waals surface area (Å²) in [7, 11) is 0. The molecule has 8 rings (SSSR count). The van der Waals surface area contributed by atoms with E-state index in [1.165, 1.54) is 0 Å². The summed E-state index contributed by atoms with van der Waals surface area (Å²) in [6.07, 6.45) is -8.11. The van der Waals surface area contributed by atoms with Crippen molar-refractivity contribution in [3.8, 4) is 0 Å². The maximum absolute atomic E-state index is 11.8. The van der Waals surface area contributed by atoms with Crippen LogP contribution in [0.4, 0.5) is 0 Å². The third kappa shape index (κ3) is 6.20. The predicted molar refractivity (Wildman–Crippen MR) is 184 cm³/mol. The molecule has 14 nitrogen and oxygen atoms in total. The minimum Gasteiger partial charge on any atom is -0.394 e. The molecule has 10 unspecified atom stereocenters. The second kappa shape index (κ2) is 14.4. The van der Waals surface area contributed by atoms with Crippen LogP contribution >= 0.6 is 0 Å². The summed E-state index contributed by atoms with van der Waals surface area (Å²) in [6, 6.07) is 0. The molecule has 0 radical (unpaired) electrons. The van der Waals surface area contributed by atoms with E-state index in [0.29, 0.717) is 48.3 Å². The number of hydrogen-bond donors (Lipinski definition) is 8. The molecular weight excluding hydrogens is 692 g/mol. The van der Waals surface area contributed by atoms with Crippen molar-refractivity contribution in [3.63, 3.8) is 0 Å². The van der Waals surface area contributed by atoms with E-state index in [1.54, 1.807) is 0 Å². The Kier molecular flexibility index (Phi) is 10.6. The Bertz CT molecular complexity index is 1300. The fraction of sp³-hybridized carbons (Fsp3) is 1.00. The third-order valence-electron chi connectivity index (χ3n) is 16.2. The van der Waals surface area contributed by atoms with Gasteiger partial charge in [-0.05, 0) is 97.7 Å². The second-order valence-electron chi connectivity index (χ2n) is 18.9. The number of ether oxygens (including phenoxy) is 6. The first-order valence-electron chi connectivity index (χ1n) is 20.4. The first kappa shape index (κ1) is 39.3. The van der Waals surface area contributed by atoms with Gasteiger partial charge in [-0.3, -0.25) is 0 Å². The van der Waals surface area contributed by atoms with Crippen molar-refractivity contribution in [1.82, 2.24) is 0 Å². The van der Waals surface area contributed by atoms with Gasteiger partial charge in [0.1, 0.15) is 48.8 Å². The van der Waals surface area contributed by atoms with Crippen molar-refractivity contribution in [1.29, 1.82) is 0 Å². The van der Waals surface area contributed by atoms with Gasteiger partial charge in [0.25, 0.3) is 0 Å². The fourth-order valence-electron chi connectivity index (χ4n) is 13.2. The molecular formula is C39H64O14. The van der Waals surface area contributed by atoms with Crippen LogP contribution in [0.15, 0.2) is 0 Å². The highest BCUT2D eigenvalue weighted by Gasteiger charge is 2.69. The van der Waals surface area contributed by atoms with E-state index in [1.807, 2.05) is 0 Å². The molecule has 1 spiro atoms. The van der Waals surface area contributed by atoms with Crippen LogP contribution in [0.1, 0.15) is 85.5 Å². The molecule has 14 heteroatoms. The smallest absolute Gasteiger partial charge is 0.187 e. The minimum absolute atomic E-state index is 0.111. The van der Waals surface area contributed by atoms with Gasteiger partial charge in [0.2, 0.25) is 0 Å². The van der Waals surface area contributed by atoms with Gasteiger partial charge in [-0.15, -0.1) is 0 Å². The Morgan fingerprint density at radius 2 is 1.40 bits per heavy atom. The summed E-state index contributed by atoms with van der Waals surface area (Å²) in [5.41, 5.74) is 0.0762. The molecule has 8 fully saturated rings. The fourth-order valence-corrected chi connectivity index (χ4v) is 13.2. The lowest BCUT2D eigenvalue weighted by molar-refractivity contribution is -0.376. The average molecular weight is 757 g/mol.